The van der Waals surface area contributed by atoms with Crippen LogP contribution in [0, 0.1) is 17.7 Å². The number of carbonyl (C=O) groups excluding carboxylic acids is 2. The van der Waals surface area contributed by atoms with Gasteiger partial charge in [0.15, 0.2) is 0 Å². The number of benzene rings is 1. The maximum atomic E-state index is 13.4. The van der Waals surface area contributed by atoms with E-state index in [9.17, 15) is 14.0 Å². The molecular weight excluding hydrogens is 319 g/mol. The zero-order chi connectivity index (χ0) is 17.4. The second-order valence-corrected chi connectivity index (χ2v) is 7.94. The first-order chi connectivity index (χ1) is 12.1. The summed E-state index contributed by atoms with van der Waals surface area (Å²) in [4.78, 5) is 25.4. The lowest BCUT2D eigenvalue weighted by Gasteiger charge is -2.29. The van der Waals surface area contributed by atoms with Gasteiger partial charge in [0.05, 0.1) is 0 Å². The van der Waals surface area contributed by atoms with Crippen molar-refractivity contribution < 1.29 is 14.0 Å². The summed E-state index contributed by atoms with van der Waals surface area (Å²) in [6.45, 7) is 0.728. The van der Waals surface area contributed by atoms with E-state index in [1.165, 1.54) is 25.0 Å². The Hall–Kier alpha value is -1.91. The third-order valence-corrected chi connectivity index (χ3v) is 5.91. The van der Waals surface area contributed by atoms with Crippen LogP contribution in [0.4, 0.5) is 4.39 Å². The molecule has 0 unspecified atom stereocenters. The summed E-state index contributed by atoms with van der Waals surface area (Å²) in [5, 5.41) is 6.11. The molecule has 3 fully saturated rings. The highest BCUT2D eigenvalue weighted by atomic mass is 19.1. The maximum absolute atomic E-state index is 13.4. The average Bonchev–Trinajstić information content (AvgIpc) is 3.51. The van der Waals surface area contributed by atoms with Crippen molar-refractivity contribution in [2.75, 3.05) is 6.54 Å². The molecule has 3 aliphatic rings. The van der Waals surface area contributed by atoms with Crippen molar-refractivity contribution in [1.29, 1.82) is 0 Å². The van der Waals surface area contributed by atoms with Gasteiger partial charge in [0.1, 0.15) is 11.4 Å². The molecule has 2 amide bonds. The number of hydrogen-bond donors (Lipinski definition) is 2. The van der Waals surface area contributed by atoms with Crippen molar-refractivity contribution in [2.45, 2.75) is 56.4 Å². The zero-order valence-corrected chi connectivity index (χ0v) is 14.4. The Labute approximate surface area is 147 Å². The third kappa shape index (κ3) is 3.55. The van der Waals surface area contributed by atoms with E-state index in [2.05, 4.69) is 10.6 Å². The van der Waals surface area contributed by atoms with Crippen molar-refractivity contribution in [3.05, 3.63) is 35.6 Å². The van der Waals surface area contributed by atoms with E-state index in [0.29, 0.717) is 18.8 Å². The van der Waals surface area contributed by atoms with Crippen LogP contribution in [0.25, 0.3) is 0 Å². The molecule has 1 aromatic rings. The first kappa shape index (κ1) is 16.6. The van der Waals surface area contributed by atoms with Crippen molar-refractivity contribution in [3.8, 4) is 0 Å². The van der Waals surface area contributed by atoms with E-state index in [1.807, 2.05) is 6.07 Å². The van der Waals surface area contributed by atoms with Gasteiger partial charge in [0.2, 0.25) is 11.8 Å². The molecule has 2 N–H and O–H groups in total. The number of nitrogens with one attached hydrogen (secondary N) is 2. The molecule has 134 valence electrons. The maximum Gasteiger partial charge on any atom is 0.245 e. The summed E-state index contributed by atoms with van der Waals surface area (Å²) in [5.74, 6) is 0.208. The molecule has 25 heavy (non-hydrogen) atoms. The van der Waals surface area contributed by atoms with Gasteiger partial charge in [0, 0.05) is 12.5 Å². The van der Waals surface area contributed by atoms with Crippen molar-refractivity contribution in [1.82, 2.24) is 10.6 Å². The molecule has 0 bridgehead atoms. The van der Waals surface area contributed by atoms with Crippen molar-refractivity contribution in [2.24, 2.45) is 11.8 Å². The van der Waals surface area contributed by atoms with Gasteiger partial charge in [-0.2, -0.15) is 0 Å². The summed E-state index contributed by atoms with van der Waals surface area (Å²) in [7, 11) is 0. The summed E-state index contributed by atoms with van der Waals surface area (Å²) in [5.41, 5.74) is 0.139. The molecule has 5 heteroatoms. The van der Waals surface area contributed by atoms with E-state index >= 15 is 0 Å². The molecule has 4 nitrogen and oxygen atoms in total. The Balaban J connectivity index is 1.39. The largest absolute Gasteiger partial charge is 0.354 e. The molecule has 1 aromatic carbocycles. The molecule has 2 atom stereocenters. The normalized spacial score (nSPS) is 26.9. The summed E-state index contributed by atoms with van der Waals surface area (Å²) in [6, 6.07) is 6.47. The van der Waals surface area contributed by atoms with Crippen LogP contribution in [0.3, 0.4) is 0 Å². The fourth-order valence-corrected chi connectivity index (χ4v) is 4.03. The Kier molecular flexibility index (Phi) is 4.26. The summed E-state index contributed by atoms with van der Waals surface area (Å²) < 4.78 is 13.4. The van der Waals surface area contributed by atoms with E-state index in [4.69, 9.17) is 0 Å². The van der Waals surface area contributed by atoms with E-state index in [0.717, 1.165) is 31.4 Å². The lowest BCUT2D eigenvalue weighted by molar-refractivity contribution is -0.134. The average molecular weight is 344 g/mol. The smallest absolute Gasteiger partial charge is 0.245 e. The molecule has 0 aliphatic heterocycles. The minimum absolute atomic E-state index is 0.0202. The molecule has 4 rings (SSSR count). The highest BCUT2D eigenvalue weighted by molar-refractivity contribution is 5.93. The molecule has 0 radical (unpaired) electrons. The Morgan fingerprint density at radius 1 is 1.20 bits per heavy atom. The topological polar surface area (TPSA) is 58.2 Å². The Morgan fingerprint density at radius 2 is 1.96 bits per heavy atom. The van der Waals surface area contributed by atoms with Crippen LogP contribution in [-0.4, -0.2) is 23.9 Å². The molecule has 0 aromatic heterocycles. The summed E-state index contributed by atoms with van der Waals surface area (Å²) in [6.07, 6.45) is 6.48. The third-order valence-electron chi connectivity index (χ3n) is 5.91. The van der Waals surface area contributed by atoms with Gasteiger partial charge in [-0.3, -0.25) is 9.59 Å². The minimum atomic E-state index is -0.735. The first-order valence-corrected chi connectivity index (χ1v) is 9.43. The molecular formula is C20H25FN2O2. The highest BCUT2D eigenvalue weighted by Gasteiger charge is 2.49. The van der Waals surface area contributed by atoms with Crippen LogP contribution < -0.4 is 10.6 Å². The molecule has 0 saturated heterocycles. The van der Waals surface area contributed by atoms with Crippen LogP contribution in [0.15, 0.2) is 24.3 Å². The number of rotatable bonds is 6. The molecule has 3 aliphatic carbocycles. The monoisotopic (exact) mass is 344 g/mol. The van der Waals surface area contributed by atoms with E-state index in [1.54, 1.807) is 6.07 Å². The molecule has 0 heterocycles. The second-order valence-electron chi connectivity index (χ2n) is 7.94. The highest BCUT2D eigenvalue weighted by Crippen LogP contribution is 2.48. The standard InChI is InChI=1S/C20H25FN2O2/c21-15-5-3-4-14(10-15)16-11-17(16)18(24)23-20(8-1-2-9-20)19(25)22-12-13-6-7-13/h3-5,10,13,16-17H,1-2,6-9,11-12H2,(H,22,25)(H,23,24)/t16-,17-/m0/s1. The number of carbonyl (C=O) groups is 2. The van der Waals surface area contributed by atoms with Crippen LogP contribution in [-0.2, 0) is 9.59 Å². The van der Waals surface area contributed by atoms with Crippen molar-refractivity contribution >= 4 is 11.8 Å². The van der Waals surface area contributed by atoms with Gasteiger partial charge in [-0.05, 0) is 61.6 Å². The predicted octanol–water partition coefficient (Wildman–Crippen LogP) is 2.88. The van der Waals surface area contributed by atoms with Crippen LogP contribution in [0.1, 0.15) is 56.4 Å². The van der Waals surface area contributed by atoms with Gasteiger partial charge in [-0.25, -0.2) is 4.39 Å². The van der Waals surface area contributed by atoms with E-state index in [-0.39, 0.29) is 29.5 Å². The SMILES string of the molecule is O=C(NC1(C(=O)NCC2CC2)CCCC1)[C@H]1C[C@H]1c1cccc(F)c1. The fourth-order valence-electron chi connectivity index (χ4n) is 4.03. The van der Waals surface area contributed by atoms with Gasteiger partial charge in [-0.1, -0.05) is 25.0 Å². The quantitative estimate of drug-likeness (QED) is 0.834. The number of halogens is 1. The van der Waals surface area contributed by atoms with Gasteiger partial charge in [0.25, 0.3) is 0 Å². The minimum Gasteiger partial charge on any atom is -0.354 e. The van der Waals surface area contributed by atoms with E-state index < -0.39 is 5.54 Å². The zero-order valence-electron chi connectivity index (χ0n) is 14.4. The van der Waals surface area contributed by atoms with Crippen LogP contribution >= 0.6 is 0 Å². The lowest BCUT2D eigenvalue weighted by Crippen LogP contribution is -2.57. The lowest BCUT2D eigenvalue weighted by atomic mass is 9.95. The van der Waals surface area contributed by atoms with Crippen LogP contribution in [0.2, 0.25) is 0 Å². The predicted molar refractivity (Wildman–Crippen MR) is 92.3 cm³/mol. The van der Waals surface area contributed by atoms with Gasteiger partial charge < -0.3 is 10.6 Å². The molecule has 0 spiro atoms. The Morgan fingerprint density at radius 3 is 2.64 bits per heavy atom. The van der Waals surface area contributed by atoms with Crippen LogP contribution in [0.5, 0.6) is 0 Å². The fraction of sp³-hybridized carbons (Fsp3) is 0.600. The second kappa shape index (κ2) is 6.43. The number of amides is 2. The first-order valence-electron chi connectivity index (χ1n) is 9.43. The Bertz CT molecular complexity index is 680. The molecule has 3 saturated carbocycles. The van der Waals surface area contributed by atoms with Crippen molar-refractivity contribution in [3.63, 3.8) is 0 Å². The van der Waals surface area contributed by atoms with Gasteiger partial charge >= 0.3 is 0 Å². The number of hydrogen-bond acceptors (Lipinski definition) is 2. The summed E-state index contributed by atoms with van der Waals surface area (Å²) >= 11 is 0. The van der Waals surface area contributed by atoms with Gasteiger partial charge in [-0.15, -0.1) is 0 Å².